The lowest BCUT2D eigenvalue weighted by atomic mass is 9.73. The highest BCUT2D eigenvalue weighted by atomic mass is 16.3. The maximum Gasteiger partial charge on any atom is 0.107 e. The standard InChI is InChI=1S/C13H21NO/c1-10-5-6-11(9-14-2)12(8-10)13-4-3-7-15-13/h3-4,7,10-12,14H,5-6,8-9H2,1-2H3. The Morgan fingerprint density at radius 1 is 1.47 bits per heavy atom. The summed E-state index contributed by atoms with van der Waals surface area (Å²) in [7, 11) is 2.04. The predicted octanol–water partition coefficient (Wildman–Crippen LogP) is 3.02. The number of furan rings is 1. The third-order valence-corrected chi connectivity index (χ3v) is 3.63. The van der Waals surface area contributed by atoms with Gasteiger partial charge < -0.3 is 9.73 Å². The molecule has 0 saturated heterocycles. The van der Waals surface area contributed by atoms with Gasteiger partial charge in [-0.1, -0.05) is 13.3 Å². The van der Waals surface area contributed by atoms with E-state index in [-0.39, 0.29) is 0 Å². The van der Waals surface area contributed by atoms with Crippen molar-refractivity contribution in [3.8, 4) is 0 Å². The summed E-state index contributed by atoms with van der Waals surface area (Å²) in [5, 5.41) is 3.30. The van der Waals surface area contributed by atoms with E-state index in [9.17, 15) is 0 Å². The van der Waals surface area contributed by atoms with Crippen molar-refractivity contribution in [2.45, 2.75) is 32.1 Å². The van der Waals surface area contributed by atoms with E-state index in [4.69, 9.17) is 4.42 Å². The van der Waals surface area contributed by atoms with Gasteiger partial charge in [0.2, 0.25) is 0 Å². The van der Waals surface area contributed by atoms with Gasteiger partial charge in [-0.3, -0.25) is 0 Å². The molecule has 1 heterocycles. The molecule has 0 spiro atoms. The van der Waals surface area contributed by atoms with E-state index in [0.29, 0.717) is 5.92 Å². The zero-order valence-corrected chi connectivity index (χ0v) is 9.70. The van der Waals surface area contributed by atoms with Crippen molar-refractivity contribution in [1.29, 1.82) is 0 Å². The fourth-order valence-electron chi connectivity index (χ4n) is 2.80. The van der Waals surface area contributed by atoms with E-state index in [1.165, 1.54) is 25.0 Å². The first-order chi connectivity index (χ1) is 7.31. The molecule has 0 aromatic carbocycles. The lowest BCUT2D eigenvalue weighted by Gasteiger charge is -2.33. The van der Waals surface area contributed by atoms with Crippen LogP contribution in [0.3, 0.4) is 0 Å². The molecule has 3 atom stereocenters. The Morgan fingerprint density at radius 3 is 3.00 bits per heavy atom. The van der Waals surface area contributed by atoms with Crippen LogP contribution in [0.15, 0.2) is 22.8 Å². The third-order valence-electron chi connectivity index (χ3n) is 3.63. The summed E-state index contributed by atoms with van der Waals surface area (Å²) in [6, 6.07) is 4.14. The van der Waals surface area contributed by atoms with Crippen LogP contribution in [0.1, 0.15) is 37.9 Å². The van der Waals surface area contributed by atoms with E-state index < -0.39 is 0 Å². The van der Waals surface area contributed by atoms with Crippen molar-refractivity contribution in [3.63, 3.8) is 0 Å². The number of hydrogen-bond acceptors (Lipinski definition) is 2. The van der Waals surface area contributed by atoms with Gasteiger partial charge in [0, 0.05) is 5.92 Å². The van der Waals surface area contributed by atoms with Crippen LogP contribution in [-0.2, 0) is 0 Å². The highest BCUT2D eigenvalue weighted by Crippen LogP contribution is 2.40. The molecular weight excluding hydrogens is 186 g/mol. The molecule has 3 unspecified atom stereocenters. The van der Waals surface area contributed by atoms with Crippen LogP contribution in [0.4, 0.5) is 0 Å². The Hall–Kier alpha value is -0.760. The van der Waals surface area contributed by atoms with Gasteiger partial charge in [-0.25, -0.2) is 0 Å². The maximum atomic E-state index is 5.57. The van der Waals surface area contributed by atoms with E-state index in [1.807, 2.05) is 13.1 Å². The molecule has 1 aliphatic rings. The monoisotopic (exact) mass is 207 g/mol. The molecule has 2 nitrogen and oxygen atoms in total. The normalized spacial score (nSPS) is 31.7. The van der Waals surface area contributed by atoms with Crippen LogP contribution in [0, 0.1) is 11.8 Å². The number of rotatable bonds is 3. The zero-order valence-electron chi connectivity index (χ0n) is 9.70. The average Bonchev–Trinajstić information content (AvgIpc) is 2.74. The fraction of sp³-hybridized carbons (Fsp3) is 0.692. The van der Waals surface area contributed by atoms with Gasteiger partial charge >= 0.3 is 0 Å². The first-order valence-corrected chi connectivity index (χ1v) is 5.99. The zero-order chi connectivity index (χ0) is 10.7. The van der Waals surface area contributed by atoms with E-state index in [2.05, 4.69) is 18.3 Å². The lowest BCUT2D eigenvalue weighted by molar-refractivity contribution is 0.221. The Bertz CT molecular complexity index is 281. The quantitative estimate of drug-likeness (QED) is 0.824. The minimum Gasteiger partial charge on any atom is -0.469 e. The highest BCUT2D eigenvalue weighted by Gasteiger charge is 2.30. The number of nitrogens with one attached hydrogen (secondary N) is 1. The first kappa shape index (κ1) is 10.7. The van der Waals surface area contributed by atoms with Crippen molar-refractivity contribution in [2.75, 3.05) is 13.6 Å². The van der Waals surface area contributed by atoms with Crippen molar-refractivity contribution in [2.24, 2.45) is 11.8 Å². The van der Waals surface area contributed by atoms with Crippen LogP contribution in [0.5, 0.6) is 0 Å². The van der Waals surface area contributed by atoms with Gasteiger partial charge in [-0.2, -0.15) is 0 Å². The summed E-state index contributed by atoms with van der Waals surface area (Å²) in [6.45, 7) is 3.46. The van der Waals surface area contributed by atoms with Crippen LogP contribution in [0.25, 0.3) is 0 Å². The maximum absolute atomic E-state index is 5.57. The Balaban J connectivity index is 2.09. The molecule has 0 aliphatic heterocycles. The van der Waals surface area contributed by atoms with Gasteiger partial charge in [-0.15, -0.1) is 0 Å². The summed E-state index contributed by atoms with van der Waals surface area (Å²) in [5.74, 6) is 3.39. The van der Waals surface area contributed by atoms with E-state index in [1.54, 1.807) is 6.26 Å². The van der Waals surface area contributed by atoms with Crippen molar-refractivity contribution < 1.29 is 4.42 Å². The molecule has 1 aromatic rings. The van der Waals surface area contributed by atoms with E-state index in [0.717, 1.165) is 18.4 Å². The second-order valence-electron chi connectivity index (χ2n) is 4.86. The molecule has 1 saturated carbocycles. The summed E-state index contributed by atoms with van der Waals surface area (Å²) in [5.41, 5.74) is 0. The second kappa shape index (κ2) is 4.84. The molecule has 0 bridgehead atoms. The molecule has 2 heteroatoms. The van der Waals surface area contributed by atoms with Gasteiger partial charge in [-0.05, 0) is 50.4 Å². The van der Waals surface area contributed by atoms with Crippen LogP contribution >= 0.6 is 0 Å². The van der Waals surface area contributed by atoms with Gasteiger partial charge in [0.25, 0.3) is 0 Å². The average molecular weight is 207 g/mol. The largest absolute Gasteiger partial charge is 0.469 e. The molecule has 2 rings (SSSR count). The molecule has 1 N–H and O–H groups in total. The van der Waals surface area contributed by atoms with Crippen LogP contribution in [-0.4, -0.2) is 13.6 Å². The molecule has 1 aliphatic carbocycles. The Kier molecular flexibility index (Phi) is 3.47. The molecule has 1 aromatic heterocycles. The molecule has 15 heavy (non-hydrogen) atoms. The predicted molar refractivity (Wildman–Crippen MR) is 61.9 cm³/mol. The van der Waals surface area contributed by atoms with Gasteiger partial charge in [0.15, 0.2) is 0 Å². The van der Waals surface area contributed by atoms with Crippen molar-refractivity contribution >= 4 is 0 Å². The molecule has 1 fully saturated rings. The van der Waals surface area contributed by atoms with Crippen molar-refractivity contribution in [1.82, 2.24) is 5.32 Å². The lowest BCUT2D eigenvalue weighted by Crippen LogP contribution is -2.29. The Morgan fingerprint density at radius 2 is 2.33 bits per heavy atom. The van der Waals surface area contributed by atoms with Crippen molar-refractivity contribution in [3.05, 3.63) is 24.2 Å². The number of hydrogen-bond donors (Lipinski definition) is 1. The first-order valence-electron chi connectivity index (χ1n) is 5.99. The topological polar surface area (TPSA) is 25.2 Å². The van der Waals surface area contributed by atoms with Crippen LogP contribution < -0.4 is 5.32 Å². The molecule has 0 amide bonds. The molecule has 0 radical (unpaired) electrons. The summed E-state index contributed by atoms with van der Waals surface area (Å²) >= 11 is 0. The van der Waals surface area contributed by atoms with Crippen LogP contribution in [0.2, 0.25) is 0 Å². The molecular formula is C13H21NO. The minimum absolute atomic E-state index is 0.621. The third kappa shape index (κ3) is 2.43. The van der Waals surface area contributed by atoms with Gasteiger partial charge in [0.05, 0.1) is 6.26 Å². The molecule has 84 valence electrons. The summed E-state index contributed by atoms with van der Waals surface area (Å²) in [4.78, 5) is 0. The smallest absolute Gasteiger partial charge is 0.107 e. The Labute approximate surface area is 92.1 Å². The second-order valence-corrected chi connectivity index (χ2v) is 4.86. The van der Waals surface area contributed by atoms with E-state index >= 15 is 0 Å². The highest BCUT2D eigenvalue weighted by molar-refractivity contribution is 5.08. The van der Waals surface area contributed by atoms with Gasteiger partial charge in [0.1, 0.15) is 5.76 Å². The fourth-order valence-corrected chi connectivity index (χ4v) is 2.80. The minimum atomic E-state index is 0.621. The SMILES string of the molecule is CNCC1CCC(C)CC1c1ccco1. The summed E-state index contributed by atoms with van der Waals surface area (Å²) in [6.07, 6.45) is 5.77. The summed E-state index contributed by atoms with van der Waals surface area (Å²) < 4.78 is 5.57.